The Labute approximate surface area is 133 Å². The number of sulfonamides is 1. The van der Waals surface area contributed by atoms with Crippen LogP contribution in [0.25, 0.3) is 0 Å². The summed E-state index contributed by atoms with van der Waals surface area (Å²) in [5, 5.41) is 11.7. The molecule has 0 fully saturated rings. The molecular formula is C12H16Cl2N2O4S. The molecule has 0 saturated heterocycles. The minimum absolute atomic E-state index is 0.00942. The van der Waals surface area contributed by atoms with Crippen molar-refractivity contribution < 1.29 is 18.3 Å². The fourth-order valence-corrected chi connectivity index (χ4v) is 3.56. The van der Waals surface area contributed by atoms with Crippen molar-refractivity contribution >= 4 is 39.2 Å². The van der Waals surface area contributed by atoms with E-state index in [1.54, 1.807) is 0 Å². The minimum Gasteiger partial charge on any atom is -0.478 e. The highest BCUT2D eigenvalue weighted by Crippen LogP contribution is 2.29. The lowest BCUT2D eigenvalue weighted by atomic mass is 10.2. The number of aromatic carboxylic acids is 1. The van der Waals surface area contributed by atoms with Crippen LogP contribution in [0.1, 0.15) is 23.7 Å². The molecule has 0 aliphatic heterocycles. The second-order valence-electron chi connectivity index (χ2n) is 4.18. The van der Waals surface area contributed by atoms with Crippen LogP contribution in [0.5, 0.6) is 0 Å². The lowest BCUT2D eigenvalue weighted by Crippen LogP contribution is -2.28. The predicted molar refractivity (Wildman–Crippen MR) is 81.8 cm³/mol. The van der Waals surface area contributed by atoms with Gasteiger partial charge in [0.05, 0.1) is 10.6 Å². The van der Waals surface area contributed by atoms with Gasteiger partial charge in [-0.25, -0.2) is 17.9 Å². The van der Waals surface area contributed by atoms with Gasteiger partial charge in [0, 0.05) is 11.6 Å². The molecule has 0 atom stereocenters. The van der Waals surface area contributed by atoms with Gasteiger partial charge in [0.15, 0.2) is 0 Å². The Morgan fingerprint density at radius 3 is 2.52 bits per heavy atom. The Balaban J connectivity index is 2.95. The number of hydrogen-bond donors (Lipinski definition) is 3. The zero-order valence-electron chi connectivity index (χ0n) is 11.3. The summed E-state index contributed by atoms with van der Waals surface area (Å²) in [5.41, 5.74) is -0.350. The van der Waals surface area contributed by atoms with Crippen molar-refractivity contribution in [1.82, 2.24) is 10.0 Å². The normalized spacial score (nSPS) is 11.6. The first kappa shape index (κ1) is 18.2. The fraction of sp³-hybridized carbons (Fsp3) is 0.417. The molecule has 0 aromatic heterocycles. The average Bonchev–Trinajstić information content (AvgIpc) is 2.40. The van der Waals surface area contributed by atoms with E-state index in [4.69, 9.17) is 28.3 Å². The van der Waals surface area contributed by atoms with E-state index in [1.165, 1.54) is 0 Å². The summed E-state index contributed by atoms with van der Waals surface area (Å²) in [6, 6.07) is 2.24. The number of hydrogen-bond acceptors (Lipinski definition) is 4. The molecule has 3 N–H and O–H groups in total. The Morgan fingerprint density at radius 1 is 1.29 bits per heavy atom. The van der Waals surface area contributed by atoms with Crippen LogP contribution >= 0.6 is 23.2 Å². The van der Waals surface area contributed by atoms with Gasteiger partial charge in [-0.15, -0.1) is 0 Å². The monoisotopic (exact) mass is 354 g/mol. The van der Waals surface area contributed by atoms with Gasteiger partial charge < -0.3 is 10.4 Å². The molecule has 0 heterocycles. The molecule has 118 valence electrons. The van der Waals surface area contributed by atoms with Gasteiger partial charge in [-0.2, -0.15) is 0 Å². The van der Waals surface area contributed by atoms with Crippen LogP contribution in [0.4, 0.5) is 0 Å². The van der Waals surface area contributed by atoms with E-state index in [2.05, 4.69) is 10.0 Å². The number of carboxylic acid groups (broad SMARTS) is 1. The van der Waals surface area contributed by atoms with Crippen molar-refractivity contribution in [1.29, 1.82) is 0 Å². The van der Waals surface area contributed by atoms with E-state index < -0.39 is 16.0 Å². The summed E-state index contributed by atoms with van der Waals surface area (Å²) < 4.78 is 26.7. The van der Waals surface area contributed by atoms with Crippen LogP contribution in [0.2, 0.25) is 10.0 Å². The van der Waals surface area contributed by atoms with Gasteiger partial charge in [-0.05, 0) is 31.6 Å². The number of carbonyl (C=O) groups is 1. The first-order valence-corrected chi connectivity index (χ1v) is 8.46. The first-order chi connectivity index (χ1) is 9.79. The van der Waals surface area contributed by atoms with E-state index >= 15 is 0 Å². The van der Waals surface area contributed by atoms with Crippen molar-refractivity contribution in [2.24, 2.45) is 0 Å². The number of benzene rings is 1. The minimum atomic E-state index is -3.91. The molecule has 1 aromatic rings. The zero-order chi connectivity index (χ0) is 16.0. The van der Waals surface area contributed by atoms with Crippen molar-refractivity contribution in [2.75, 3.05) is 19.6 Å². The third kappa shape index (κ3) is 5.12. The number of nitrogens with one attached hydrogen (secondary N) is 2. The maximum atomic E-state index is 12.1. The van der Waals surface area contributed by atoms with E-state index in [9.17, 15) is 13.2 Å². The molecule has 21 heavy (non-hydrogen) atoms. The number of carboxylic acids is 1. The molecule has 1 aromatic carbocycles. The predicted octanol–water partition coefficient (Wildman–Crippen LogP) is 1.97. The van der Waals surface area contributed by atoms with Gasteiger partial charge in [-0.1, -0.05) is 30.1 Å². The SMILES string of the molecule is CCNCCCNS(=O)(=O)c1cc(Cl)cc(C(=O)O)c1Cl. The number of halogens is 2. The highest BCUT2D eigenvalue weighted by Gasteiger charge is 2.23. The molecule has 6 nitrogen and oxygen atoms in total. The molecule has 0 radical (unpaired) electrons. The van der Waals surface area contributed by atoms with Crippen LogP contribution < -0.4 is 10.0 Å². The van der Waals surface area contributed by atoms with Crippen LogP contribution in [0, 0.1) is 0 Å². The largest absolute Gasteiger partial charge is 0.478 e. The second kappa shape index (κ2) is 7.95. The maximum Gasteiger partial charge on any atom is 0.337 e. The van der Waals surface area contributed by atoms with Crippen LogP contribution in [0.3, 0.4) is 0 Å². The Bertz CT molecular complexity index is 620. The summed E-state index contributed by atoms with van der Waals surface area (Å²) >= 11 is 11.6. The summed E-state index contributed by atoms with van der Waals surface area (Å²) in [6.07, 6.45) is 0.594. The standard InChI is InChI=1S/C12H16Cl2N2O4S/c1-2-15-4-3-5-16-21(19,20)10-7-8(13)6-9(11(10)14)12(17)18/h6-7,15-16H,2-5H2,1H3,(H,17,18). The molecular weight excluding hydrogens is 339 g/mol. The molecule has 0 amide bonds. The number of rotatable bonds is 8. The summed E-state index contributed by atoms with van der Waals surface area (Å²) in [6.45, 7) is 3.63. The highest BCUT2D eigenvalue weighted by atomic mass is 35.5. The molecule has 0 aliphatic rings. The van der Waals surface area contributed by atoms with E-state index in [0.717, 1.165) is 18.7 Å². The lowest BCUT2D eigenvalue weighted by molar-refractivity contribution is 0.0697. The fourth-order valence-electron chi connectivity index (χ4n) is 1.59. The summed E-state index contributed by atoms with van der Waals surface area (Å²) in [4.78, 5) is 10.7. The van der Waals surface area contributed by atoms with Crippen molar-refractivity contribution in [3.63, 3.8) is 0 Å². The highest BCUT2D eigenvalue weighted by molar-refractivity contribution is 7.89. The molecule has 0 aliphatic carbocycles. The molecule has 9 heteroatoms. The topological polar surface area (TPSA) is 95.5 Å². The third-order valence-electron chi connectivity index (χ3n) is 2.60. The zero-order valence-corrected chi connectivity index (χ0v) is 13.6. The quantitative estimate of drug-likeness (QED) is 0.620. The molecule has 0 bridgehead atoms. The smallest absolute Gasteiger partial charge is 0.337 e. The van der Waals surface area contributed by atoms with Gasteiger partial charge in [0.1, 0.15) is 4.90 Å². The summed E-state index contributed by atoms with van der Waals surface area (Å²) in [7, 11) is -3.91. The average molecular weight is 355 g/mol. The lowest BCUT2D eigenvalue weighted by Gasteiger charge is -2.10. The Morgan fingerprint density at radius 2 is 1.95 bits per heavy atom. The van der Waals surface area contributed by atoms with E-state index in [-0.39, 0.29) is 27.0 Å². The van der Waals surface area contributed by atoms with Crippen LogP contribution in [-0.4, -0.2) is 39.1 Å². The van der Waals surface area contributed by atoms with E-state index in [1.807, 2.05) is 6.92 Å². The molecule has 0 saturated carbocycles. The van der Waals surface area contributed by atoms with Crippen molar-refractivity contribution in [3.05, 3.63) is 27.7 Å². The van der Waals surface area contributed by atoms with Gasteiger partial charge in [0.2, 0.25) is 10.0 Å². The molecule has 0 unspecified atom stereocenters. The first-order valence-electron chi connectivity index (χ1n) is 6.22. The van der Waals surface area contributed by atoms with Gasteiger partial charge in [0.25, 0.3) is 0 Å². The van der Waals surface area contributed by atoms with Crippen LogP contribution in [-0.2, 0) is 10.0 Å². The summed E-state index contributed by atoms with van der Waals surface area (Å²) in [5.74, 6) is -1.34. The third-order valence-corrected chi connectivity index (χ3v) is 4.82. The van der Waals surface area contributed by atoms with Gasteiger partial charge >= 0.3 is 5.97 Å². The Hall–Kier alpha value is -0.860. The van der Waals surface area contributed by atoms with Crippen molar-refractivity contribution in [3.8, 4) is 0 Å². The van der Waals surface area contributed by atoms with Crippen LogP contribution in [0.15, 0.2) is 17.0 Å². The molecule has 0 spiro atoms. The molecule has 1 rings (SSSR count). The van der Waals surface area contributed by atoms with Gasteiger partial charge in [-0.3, -0.25) is 0 Å². The maximum absolute atomic E-state index is 12.1. The second-order valence-corrected chi connectivity index (χ2v) is 6.73. The van der Waals surface area contributed by atoms with E-state index in [0.29, 0.717) is 13.0 Å². The van der Waals surface area contributed by atoms with Crippen molar-refractivity contribution in [2.45, 2.75) is 18.2 Å². The Kier molecular flexibility index (Phi) is 6.89.